The largest absolute Gasteiger partial charge is 0.265 e. The molecule has 0 unspecified atom stereocenters. The van der Waals surface area contributed by atoms with E-state index < -0.39 is 0 Å². The Hall–Kier alpha value is -2.48. The van der Waals surface area contributed by atoms with Crippen molar-refractivity contribution in [3.8, 4) is 0 Å². The van der Waals surface area contributed by atoms with Crippen LogP contribution < -0.4 is 0 Å². The van der Waals surface area contributed by atoms with Crippen molar-refractivity contribution in [1.82, 2.24) is 4.98 Å². The summed E-state index contributed by atoms with van der Waals surface area (Å²) in [6.45, 7) is 6.38. The summed E-state index contributed by atoms with van der Waals surface area (Å²) in [4.78, 5) is 8.87. The zero-order valence-electron chi connectivity index (χ0n) is 14.2. The molecule has 23 heavy (non-hydrogen) atoms. The van der Waals surface area contributed by atoms with Crippen molar-refractivity contribution in [2.75, 3.05) is 0 Å². The zero-order chi connectivity index (χ0) is 16.5. The smallest absolute Gasteiger partial charge is 0.0691 e. The van der Waals surface area contributed by atoms with E-state index in [0.29, 0.717) is 0 Å². The van der Waals surface area contributed by atoms with Gasteiger partial charge in [0.1, 0.15) is 0 Å². The molecule has 0 fully saturated rings. The number of hydrogen-bond donors (Lipinski definition) is 0. The van der Waals surface area contributed by atoms with Crippen LogP contribution >= 0.6 is 0 Å². The predicted molar refractivity (Wildman–Crippen MR) is 99.5 cm³/mol. The highest BCUT2D eigenvalue weighted by molar-refractivity contribution is 5.85. The van der Waals surface area contributed by atoms with Crippen molar-refractivity contribution in [2.45, 2.75) is 33.6 Å². The second-order valence-corrected chi connectivity index (χ2v) is 5.50. The Morgan fingerprint density at radius 3 is 2.39 bits per heavy atom. The lowest BCUT2D eigenvalue weighted by Crippen LogP contribution is -1.94. The highest BCUT2D eigenvalue weighted by atomic mass is 14.7. The predicted octanol–water partition coefficient (Wildman–Crippen LogP) is 5.48. The van der Waals surface area contributed by atoms with E-state index in [9.17, 15) is 0 Å². The molecule has 0 atom stereocenters. The van der Waals surface area contributed by atoms with Crippen LogP contribution in [0.4, 0.5) is 0 Å². The van der Waals surface area contributed by atoms with Gasteiger partial charge in [0.15, 0.2) is 0 Å². The maximum Gasteiger partial charge on any atom is 0.0691 e. The first-order valence-corrected chi connectivity index (χ1v) is 8.08. The standard InChI is InChI=1S/C21H24N2/c1-4-17(3)21(20-9-7-6-8-10-20)23-16-18(5-2)15-19-11-13-22-14-12-19/h5-14,16H,4,15H2,1-3H3. The summed E-state index contributed by atoms with van der Waals surface area (Å²) in [5, 5.41) is 0. The first-order valence-electron chi connectivity index (χ1n) is 8.08. The van der Waals surface area contributed by atoms with E-state index in [0.717, 1.165) is 18.5 Å². The Bertz CT molecular complexity index is 695. The van der Waals surface area contributed by atoms with Gasteiger partial charge in [-0.3, -0.25) is 9.98 Å². The number of aliphatic imine (C=N–C) groups is 1. The molecule has 2 rings (SSSR count). The van der Waals surface area contributed by atoms with E-state index in [1.807, 2.05) is 36.8 Å². The molecular formula is C21H24N2. The number of rotatable bonds is 6. The number of allylic oxidation sites excluding steroid dienone is 3. The molecular weight excluding hydrogens is 280 g/mol. The van der Waals surface area contributed by atoms with Crippen LogP contribution in [0.5, 0.6) is 0 Å². The van der Waals surface area contributed by atoms with Crippen LogP contribution in [0.1, 0.15) is 38.3 Å². The summed E-state index contributed by atoms with van der Waals surface area (Å²) < 4.78 is 0. The van der Waals surface area contributed by atoms with Gasteiger partial charge in [-0.05, 0) is 55.5 Å². The lowest BCUT2D eigenvalue weighted by molar-refractivity contribution is 1.09. The van der Waals surface area contributed by atoms with Crippen LogP contribution in [-0.4, -0.2) is 11.2 Å². The molecule has 0 bridgehead atoms. The Kier molecular flexibility index (Phi) is 6.49. The molecule has 0 radical (unpaired) electrons. The van der Waals surface area contributed by atoms with E-state index in [1.54, 1.807) is 0 Å². The molecule has 1 heterocycles. The lowest BCUT2D eigenvalue weighted by atomic mass is 10.0. The minimum absolute atomic E-state index is 0.871. The maximum absolute atomic E-state index is 4.80. The second-order valence-electron chi connectivity index (χ2n) is 5.50. The Morgan fingerprint density at radius 2 is 1.78 bits per heavy atom. The fraction of sp³-hybridized carbons (Fsp3) is 0.238. The molecule has 0 N–H and O–H groups in total. The van der Waals surface area contributed by atoms with Crippen molar-refractivity contribution in [1.29, 1.82) is 0 Å². The normalized spacial score (nSPS) is 13.3. The van der Waals surface area contributed by atoms with Crippen molar-refractivity contribution >= 4 is 11.9 Å². The van der Waals surface area contributed by atoms with Crippen molar-refractivity contribution in [3.05, 3.63) is 83.2 Å². The number of hydrogen-bond acceptors (Lipinski definition) is 2. The first-order chi connectivity index (χ1) is 11.2. The second kappa shape index (κ2) is 8.84. The summed E-state index contributed by atoms with van der Waals surface area (Å²) >= 11 is 0. The molecule has 0 spiro atoms. The van der Waals surface area contributed by atoms with Crippen LogP contribution in [-0.2, 0) is 6.42 Å². The molecule has 2 nitrogen and oxygen atoms in total. The van der Waals surface area contributed by atoms with Gasteiger partial charge in [0.25, 0.3) is 0 Å². The van der Waals surface area contributed by atoms with E-state index in [2.05, 4.69) is 56.1 Å². The number of nitrogens with zero attached hydrogens (tertiary/aromatic N) is 2. The minimum atomic E-state index is 0.871. The van der Waals surface area contributed by atoms with Crippen LogP contribution in [0.3, 0.4) is 0 Å². The van der Waals surface area contributed by atoms with E-state index in [1.165, 1.54) is 22.3 Å². The third-order valence-corrected chi connectivity index (χ3v) is 3.87. The number of aromatic nitrogens is 1. The molecule has 0 aliphatic heterocycles. The van der Waals surface area contributed by atoms with Crippen molar-refractivity contribution < 1.29 is 0 Å². The van der Waals surface area contributed by atoms with Crippen LogP contribution in [0.2, 0.25) is 0 Å². The van der Waals surface area contributed by atoms with Gasteiger partial charge in [0, 0.05) is 24.2 Å². The van der Waals surface area contributed by atoms with Gasteiger partial charge in [0.05, 0.1) is 5.70 Å². The average Bonchev–Trinajstić information content (AvgIpc) is 2.62. The fourth-order valence-electron chi connectivity index (χ4n) is 2.30. The van der Waals surface area contributed by atoms with E-state index >= 15 is 0 Å². The van der Waals surface area contributed by atoms with Gasteiger partial charge >= 0.3 is 0 Å². The van der Waals surface area contributed by atoms with E-state index in [-0.39, 0.29) is 0 Å². The molecule has 0 saturated carbocycles. The highest BCUT2D eigenvalue weighted by Crippen LogP contribution is 2.22. The Labute approximate surface area is 139 Å². The molecule has 118 valence electrons. The summed E-state index contributed by atoms with van der Waals surface area (Å²) in [5.74, 6) is 0. The summed E-state index contributed by atoms with van der Waals surface area (Å²) in [7, 11) is 0. The van der Waals surface area contributed by atoms with Gasteiger partial charge in [-0.1, -0.05) is 43.3 Å². The third kappa shape index (κ3) is 5.03. The van der Waals surface area contributed by atoms with Gasteiger partial charge in [0.2, 0.25) is 0 Å². The van der Waals surface area contributed by atoms with Crippen LogP contribution in [0.15, 0.2) is 77.1 Å². The summed E-state index contributed by atoms with van der Waals surface area (Å²) in [6, 6.07) is 14.5. The topological polar surface area (TPSA) is 25.2 Å². The van der Waals surface area contributed by atoms with Gasteiger partial charge < -0.3 is 0 Å². The molecule has 0 aliphatic rings. The molecule has 1 aromatic heterocycles. The monoisotopic (exact) mass is 304 g/mol. The zero-order valence-corrected chi connectivity index (χ0v) is 14.2. The SMILES string of the molecule is CC=C(C=NC(=C(C)CC)c1ccccc1)Cc1ccncc1. The molecule has 0 aliphatic carbocycles. The summed E-state index contributed by atoms with van der Waals surface area (Å²) in [6.07, 6.45) is 9.63. The van der Waals surface area contributed by atoms with E-state index in [4.69, 9.17) is 4.99 Å². The lowest BCUT2D eigenvalue weighted by Gasteiger charge is -2.08. The van der Waals surface area contributed by atoms with Gasteiger partial charge in [-0.2, -0.15) is 0 Å². The summed E-state index contributed by atoms with van der Waals surface area (Å²) in [5.41, 5.74) is 5.99. The Balaban J connectivity index is 2.23. The third-order valence-electron chi connectivity index (χ3n) is 3.87. The van der Waals surface area contributed by atoms with Crippen LogP contribution in [0, 0.1) is 0 Å². The molecule has 2 aromatic rings. The molecule has 0 amide bonds. The fourth-order valence-corrected chi connectivity index (χ4v) is 2.30. The minimum Gasteiger partial charge on any atom is -0.265 e. The van der Waals surface area contributed by atoms with Gasteiger partial charge in [-0.25, -0.2) is 0 Å². The number of pyridine rings is 1. The van der Waals surface area contributed by atoms with Crippen LogP contribution in [0.25, 0.3) is 5.70 Å². The highest BCUT2D eigenvalue weighted by Gasteiger charge is 2.03. The first kappa shape index (κ1) is 16.9. The number of benzene rings is 1. The molecule has 2 heteroatoms. The molecule has 1 aromatic carbocycles. The molecule has 0 saturated heterocycles. The quantitative estimate of drug-likeness (QED) is 0.648. The van der Waals surface area contributed by atoms with Gasteiger partial charge in [-0.15, -0.1) is 0 Å². The van der Waals surface area contributed by atoms with Crippen molar-refractivity contribution in [3.63, 3.8) is 0 Å². The maximum atomic E-state index is 4.80. The van der Waals surface area contributed by atoms with Crippen molar-refractivity contribution in [2.24, 2.45) is 4.99 Å². The Morgan fingerprint density at radius 1 is 1.09 bits per heavy atom. The average molecular weight is 304 g/mol.